The number of fused-ring (bicyclic) bond motifs is 1. The van der Waals surface area contributed by atoms with Gasteiger partial charge in [-0.25, -0.2) is 4.68 Å². The molecule has 0 saturated heterocycles. The number of hydrogen-bond donors (Lipinski definition) is 2. The lowest BCUT2D eigenvalue weighted by molar-refractivity contribution is -0.144. The van der Waals surface area contributed by atoms with Crippen molar-refractivity contribution in [3.05, 3.63) is 59.9 Å². The Hall–Kier alpha value is -3.75. The summed E-state index contributed by atoms with van der Waals surface area (Å²) in [7, 11) is 0. The zero-order chi connectivity index (χ0) is 23.1. The van der Waals surface area contributed by atoms with E-state index in [4.69, 9.17) is 10.1 Å². The topological polar surface area (TPSA) is 113 Å². The number of benzene rings is 1. The van der Waals surface area contributed by atoms with Crippen molar-refractivity contribution in [3.8, 4) is 0 Å². The van der Waals surface area contributed by atoms with E-state index in [0.29, 0.717) is 19.0 Å². The third-order valence-corrected chi connectivity index (χ3v) is 5.25. The Balaban J connectivity index is 1.75. The second-order valence-electron chi connectivity index (χ2n) is 7.45. The fraction of sp³-hybridized carbons (Fsp3) is 0.348. The van der Waals surface area contributed by atoms with E-state index in [1.54, 1.807) is 37.2 Å². The molecule has 2 atom stereocenters. The van der Waals surface area contributed by atoms with Gasteiger partial charge in [0.25, 0.3) is 5.91 Å². The molecule has 0 aliphatic carbocycles. The number of ether oxygens (including phenoxy) is 1. The maximum atomic E-state index is 13.1. The summed E-state index contributed by atoms with van der Waals surface area (Å²) in [5.74, 6) is -0.991. The van der Waals surface area contributed by atoms with Gasteiger partial charge in [-0.2, -0.15) is 10.2 Å². The molecule has 0 spiro atoms. The van der Waals surface area contributed by atoms with Crippen LogP contribution in [-0.4, -0.2) is 51.6 Å². The minimum atomic E-state index is -0.545. The lowest BCUT2D eigenvalue weighted by Crippen LogP contribution is -2.42. The molecule has 9 heteroatoms. The highest BCUT2D eigenvalue weighted by molar-refractivity contribution is 6.42. The van der Waals surface area contributed by atoms with Crippen molar-refractivity contribution in [1.82, 2.24) is 20.1 Å². The van der Waals surface area contributed by atoms with Crippen molar-refractivity contribution >= 4 is 29.6 Å². The van der Waals surface area contributed by atoms with Crippen LogP contribution in [0, 0.1) is 11.3 Å². The van der Waals surface area contributed by atoms with E-state index >= 15 is 0 Å². The van der Waals surface area contributed by atoms with Gasteiger partial charge in [-0.1, -0.05) is 24.3 Å². The van der Waals surface area contributed by atoms with Crippen molar-refractivity contribution in [1.29, 1.82) is 5.41 Å². The highest BCUT2D eigenvalue weighted by Gasteiger charge is 2.29. The molecule has 32 heavy (non-hydrogen) atoms. The molecule has 1 aliphatic rings. The Labute approximate surface area is 187 Å². The molecule has 9 nitrogen and oxygen atoms in total. The SMILES string of the molecule is CCOC(=O)[C@@H](C)/C=N/N/C(=C\C(=N)C(=O)N1CCc2ccccc2[C@H]1C)n1cccn1. The van der Waals surface area contributed by atoms with Crippen molar-refractivity contribution in [2.75, 3.05) is 13.2 Å². The number of carbonyl (C=O) groups excluding carboxylic acids is 2. The summed E-state index contributed by atoms with van der Waals surface area (Å²) in [6.07, 6.45) is 6.79. The Bertz CT molecular complexity index is 1030. The first-order valence-electron chi connectivity index (χ1n) is 10.6. The maximum absolute atomic E-state index is 13.1. The number of nitrogens with zero attached hydrogens (tertiary/aromatic N) is 4. The van der Waals surface area contributed by atoms with Gasteiger partial charge in [0.1, 0.15) is 11.5 Å². The quantitative estimate of drug-likeness (QED) is 0.375. The number of carbonyl (C=O) groups is 2. The Kier molecular flexibility index (Phi) is 7.54. The summed E-state index contributed by atoms with van der Waals surface area (Å²) >= 11 is 0. The third-order valence-electron chi connectivity index (χ3n) is 5.25. The van der Waals surface area contributed by atoms with Gasteiger partial charge in [-0.15, -0.1) is 0 Å². The number of nitrogens with one attached hydrogen (secondary N) is 2. The Morgan fingerprint density at radius 3 is 2.88 bits per heavy atom. The second-order valence-corrected chi connectivity index (χ2v) is 7.45. The number of amides is 1. The number of hydrazone groups is 1. The fourth-order valence-electron chi connectivity index (χ4n) is 3.51. The first-order valence-corrected chi connectivity index (χ1v) is 10.6. The van der Waals surface area contributed by atoms with Crippen molar-refractivity contribution in [3.63, 3.8) is 0 Å². The van der Waals surface area contributed by atoms with E-state index in [1.165, 1.54) is 22.5 Å². The molecule has 1 aromatic carbocycles. The van der Waals surface area contributed by atoms with Gasteiger partial charge in [-0.3, -0.25) is 20.4 Å². The average molecular weight is 437 g/mol. The highest BCUT2D eigenvalue weighted by atomic mass is 16.5. The van der Waals surface area contributed by atoms with Gasteiger partial charge in [0.15, 0.2) is 0 Å². The molecule has 0 fully saturated rings. The highest BCUT2D eigenvalue weighted by Crippen LogP contribution is 2.29. The number of hydrogen-bond acceptors (Lipinski definition) is 7. The van der Waals surface area contributed by atoms with Crippen molar-refractivity contribution in [2.24, 2.45) is 11.0 Å². The predicted molar refractivity (Wildman–Crippen MR) is 122 cm³/mol. The van der Waals surface area contributed by atoms with Crippen LogP contribution in [0.1, 0.15) is 37.9 Å². The molecule has 0 radical (unpaired) electrons. The number of aromatic nitrogens is 2. The molecule has 2 N–H and O–H groups in total. The molecule has 1 aliphatic heterocycles. The fourth-order valence-corrected chi connectivity index (χ4v) is 3.51. The average Bonchev–Trinajstić information content (AvgIpc) is 3.33. The van der Waals surface area contributed by atoms with E-state index in [0.717, 1.165) is 12.0 Å². The molecule has 168 valence electrons. The van der Waals surface area contributed by atoms with Crippen LogP contribution in [0.3, 0.4) is 0 Å². The van der Waals surface area contributed by atoms with Gasteiger partial charge in [0.05, 0.1) is 18.6 Å². The minimum absolute atomic E-state index is 0.120. The molecular weight excluding hydrogens is 408 g/mol. The van der Waals surface area contributed by atoms with Crippen LogP contribution in [0.25, 0.3) is 5.82 Å². The van der Waals surface area contributed by atoms with Crippen molar-refractivity contribution < 1.29 is 14.3 Å². The van der Waals surface area contributed by atoms with Gasteiger partial charge in [0, 0.05) is 31.2 Å². The van der Waals surface area contributed by atoms with E-state index in [2.05, 4.69) is 21.7 Å². The second kappa shape index (κ2) is 10.5. The lowest BCUT2D eigenvalue weighted by atomic mass is 9.93. The molecule has 1 aromatic heterocycles. The normalized spacial score (nSPS) is 17.0. The summed E-state index contributed by atoms with van der Waals surface area (Å²) < 4.78 is 6.42. The monoisotopic (exact) mass is 436 g/mol. The molecule has 0 bridgehead atoms. The predicted octanol–water partition coefficient (Wildman–Crippen LogP) is 2.62. The molecule has 3 rings (SSSR count). The van der Waals surface area contributed by atoms with Crippen LogP contribution >= 0.6 is 0 Å². The van der Waals surface area contributed by atoms with Crippen LogP contribution in [0.5, 0.6) is 0 Å². The van der Waals surface area contributed by atoms with Gasteiger partial charge >= 0.3 is 5.97 Å². The summed E-state index contributed by atoms with van der Waals surface area (Å²) in [5.41, 5.74) is 4.92. The van der Waals surface area contributed by atoms with Gasteiger partial charge in [0.2, 0.25) is 0 Å². The summed E-state index contributed by atoms with van der Waals surface area (Å²) in [5, 5.41) is 16.6. The smallest absolute Gasteiger partial charge is 0.314 e. The standard InChI is InChI=1S/C23H28N6O3/c1-4-32-23(31)16(2)15-25-27-21(29-12-7-11-26-29)14-20(24)22(30)28-13-10-18-8-5-6-9-19(18)17(28)3/h5-9,11-12,14-17,24,27H,4,10,13H2,1-3H3/b21-14+,24-20?,25-15+/t16-,17+/m0/s1. The summed E-state index contributed by atoms with van der Waals surface area (Å²) in [6.45, 7) is 6.22. The lowest BCUT2D eigenvalue weighted by Gasteiger charge is -2.35. The summed E-state index contributed by atoms with van der Waals surface area (Å²) in [6, 6.07) is 9.66. The molecule has 1 amide bonds. The molecule has 0 unspecified atom stereocenters. The zero-order valence-corrected chi connectivity index (χ0v) is 18.5. The van der Waals surface area contributed by atoms with Crippen LogP contribution < -0.4 is 5.43 Å². The third kappa shape index (κ3) is 5.29. The number of esters is 1. The van der Waals surface area contributed by atoms with E-state index < -0.39 is 5.92 Å². The Morgan fingerprint density at radius 1 is 1.38 bits per heavy atom. The van der Waals surface area contributed by atoms with Crippen molar-refractivity contribution in [2.45, 2.75) is 33.2 Å². The minimum Gasteiger partial charge on any atom is -0.466 e. The van der Waals surface area contributed by atoms with E-state index in [1.807, 2.05) is 25.1 Å². The van der Waals surface area contributed by atoms with Crippen LogP contribution in [0.4, 0.5) is 0 Å². The molecule has 2 heterocycles. The Morgan fingerprint density at radius 2 is 2.16 bits per heavy atom. The molecule has 2 aromatic rings. The molecule has 0 saturated carbocycles. The van der Waals surface area contributed by atoms with Crippen LogP contribution in [0.15, 0.2) is 53.9 Å². The van der Waals surface area contributed by atoms with Crippen LogP contribution in [-0.2, 0) is 20.7 Å². The van der Waals surface area contributed by atoms with Gasteiger partial charge in [-0.05, 0) is 44.4 Å². The molecular formula is C23H28N6O3. The first-order chi connectivity index (χ1) is 15.4. The van der Waals surface area contributed by atoms with E-state index in [9.17, 15) is 9.59 Å². The largest absolute Gasteiger partial charge is 0.466 e. The summed E-state index contributed by atoms with van der Waals surface area (Å²) in [4.78, 5) is 26.5. The zero-order valence-electron chi connectivity index (χ0n) is 18.5. The van der Waals surface area contributed by atoms with Gasteiger partial charge < -0.3 is 9.64 Å². The van der Waals surface area contributed by atoms with E-state index in [-0.39, 0.29) is 23.6 Å². The number of rotatable bonds is 8. The van der Waals surface area contributed by atoms with Crippen LogP contribution in [0.2, 0.25) is 0 Å². The first kappa shape index (κ1) is 22.9. The maximum Gasteiger partial charge on any atom is 0.314 e.